The monoisotopic (exact) mass is 179 g/mol. The summed E-state index contributed by atoms with van der Waals surface area (Å²) >= 11 is 0. The van der Waals surface area contributed by atoms with Crippen LogP contribution in [0.3, 0.4) is 0 Å². The maximum Gasteiger partial charge on any atom is 0.0355 e. The molecule has 3 nitrogen and oxygen atoms in total. The van der Waals surface area contributed by atoms with Gasteiger partial charge in [0.2, 0.25) is 0 Å². The van der Waals surface area contributed by atoms with Crippen LogP contribution in [0.1, 0.15) is 18.0 Å². The van der Waals surface area contributed by atoms with Gasteiger partial charge in [-0.05, 0) is 44.8 Å². The van der Waals surface area contributed by atoms with Gasteiger partial charge in [0.1, 0.15) is 0 Å². The first kappa shape index (κ1) is 10.2. The summed E-state index contributed by atoms with van der Waals surface area (Å²) in [6.07, 6.45) is 4.63. The first-order valence-electron chi connectivity index (χ1n) is 4.52. The van der Waals surface area contributed by atoms with Crippen LogP contribution in [0.4, 0.5) is 0 Å². The van der Waals surface area contributed by atoms with E-state index in [1.807, 2.05) is 24.5 Å². The fraction of sp³-hybridized carbons (Fsp3) is 0.500. The fourth-order valence-electron chi connectivity index (χ4n) is 1.47. The van der Waals surface area contributed by atoms with E-state index in [9.17, 15) is 0 Å². The number of nitrogens with two attached hydrogens (primary N) is 1. The van der Waals surface area contributed by atoms with E-state index in [0.29, 0.717) is 12.6 Å². The van der Waals surface area contributed by atoms with Crippen LogP contribution in [0.15, 0.2) is 24.5 Å². The molecule has 0 saturated heterocycles. The highest BCUT2D eigenvalue weighted by Crippen LogP contribution is 2.19. The average molecular weight is 179 g/mol. The molecule has 0 amide bonds. The summed E-state index contributed by atoms with van der Waals surface area (Å²) < 4.78 is 0. The molecule has 0 spiro atoms. The molecule has 2 N–H and O–H groups in total. The summed E-state index contributed by atoms with van der Waals surface area (Å²) in [5.74, 6) is 0. The second kappa shape index (κ2) is 4.94. The second-order valence-corrected chi connectivity index (χ2v) is 3.34. The molecule has 0 aliphatic carbocycles. The predicted molar refractivity (Wildman–Crippen MR) is 54.3 cm³/mol. The molecule has 0 saturated carbocycles. The van der Waals surface area contributed by atoms with E-state index < -0.39 is 0 Å². The van der Waals surface area contributed by atoms with Crippen molar-refractivity contribution in [3.05, 3.63) is 30.1 Å². The first-order valence-corrected chi connectivity index (χ1v) is 4.52. The lowest BCUT2D eigenvalue weighted by Crippen LogP contribution is -2.22. The van der Waals surface area contributed by atoms with Gasteiger partial charge in [-0.15, -0.1) is 0 Å². The molecule has 1 atom stereocenters. The van der Waals surface area contributed by atoms with Gasteiger partial charge in [0.25, 0.3) is 0 Å². The lowest BCUT2D eigenvalue weighted by atomic mass is 10.0. The summed E-state index contributed by atoms with van der Waals surface area (Å²) in [7, 11) is 4.14. The van der Waals surface area contributed by atoms with E-state index in [1.54, 1.807) is 0 Å². The first-order chi connectivity index (χ1) is 6.25. The Balaban J connectivity index is 2.76. The number of pyridine rings is 1. The third-order valence-electron chi connectivity index (χ3n) is 2.15. The van der Waals surface area contributed by atoms with Crippen molar-refractivity contribution in [2.24, 2.45) is 5.73 Å². The van der Waals surface area contributed by atoms with Crippen molar-refractivity contribution < 1.29 is 0 Å². The maximum atomic E-state index is 5.56. The van der Waals surface area contributed by atoms with Crippen LogP contribution < -0.4 is 5.73 Å². The van der Waals surface area contributed by atoms with Gasteiger partial charge < -0.3 is 10.6 Å². The van der Waals surface area contributed by atoms with Crippen LogP contribution in [0.25, 0.3) is 0 Å². The zero-order chi connectivity index (χ0) is 9.68. The lowest BCUT2D eigenvalue weighted by Gasteiger charge is -2.23. The molecular formula is C10H17N3. The molecule has 1 aromatic rings. The Bertz CT molecular complexity index is 233. The molecule has 1 aromatic heterocycles. The van der Waals surface area contributed by atoms with Gasteiger partial charge in [0.05, 0.1) is 0 Å². The lowest BCUT2D eigenvalue weighted by molar-refractivity contribution is 0.287. The third kappa shape index (κ3) is 2.79. The van der Waals surface area contributed by atoms with Gasteiger partial charge in [-0.1, -0.05) is 0 Å². The quantitative estimate of drug-likeness (QED) is 0.750. The number of nitrogens with zero attached hydrogens (tertiary/aromatic N) is 2. The van der Waals surface area contributed by atoms with Crippen LogP contribution in [-0.2, 0) is 0 Å². The molecule has 1 heterocycles. The molecule has 0 aliphatic heterocycles. The minimum absolute atomic E-state index is 0.410. The standard InChI is InChI=1S/C10H17N3/c1-13(2)10(3-6-11)9-4-7-12-8-5-9/h4-5,7-8,10H,3,6,11H2,1-2H3. The summed E-state index contributed by atoms with van der Waals surface area (Å²) in [6.45, 7) is 0.713. The smallest absolute Gasteiger partial charge is 0.0355 e. The van der Waals surface area contributed by atoms with Crippen molar-refractivity contribution in [1.29, 1.82) is 0 Å². The largest absolute Gasteiger partial charge is 0.330 e. The average Bonchev–Trinajstić information content (AvgIpc) is 2.15. The van der Waals surface area contributed by atoms with Crippen LogP contribution in [-0.4, -0.2) is 30.5 Å². The summed E-state index contributed by atoms with van der Waals surface area (Å²) in [4.78, 5) is 6.18. The molecule has 0 aliphatic rings. The SMILES string of the molecule is CN(C)C(CCN)c1ccncc1. The van der Waals surface area contributed by atoms with Crippen LogP contribution in [0.2, 0.25) is 0 Å². The Labute approximate surface area is 79.6 Å². The third-order valence-corrected chi connectivity index (χ3v) is 2.15. The molecule has 0 fully saturated rings. The minimum Gasteiger partial charge on any atom is -0.330 e. The Morgan fingerprint density at radius 2 is 2.00 bits per heavy atom. The highest BCUT2D eigenvalue weighted by atomic mass is 15.1. The van der Waals surface area contributed by atoms with Crippen molar-refractivity contribution in [1.82, 2.24) is 9.88 Å². The molecule has 13 heavy (non-hydrogen) atoms. The van der Waals surface area contributed by atoms with Crippen molar-refractivity contribution in [3.63, 3.8) is 0 Å². The van der Waals surface area contributed by atoms with Gasteiger partial charge in [-0.3, -0.25) is 4.98 Å². The van der Waals surface area contributed by atoms with Gasteiger partial charge in [0.15, 0.2) is 0 Å². The van der Waals surface area contributed by atoms with E-state index in [-0.39, 0.29) is 0 Å². The second-order valence-electron chi connectivity index (χ2n) is 3.34. The van der Waals surface area contributed by atoms with Crippen LogP contribution in [0.5, 0.6) is 0 Å². The zero-order valence-electron chi connectivity index (χ0n) is 8.27. The van der Waals surface area contributed by atoms with Crippen molar-refractivity contribution in [2.75, 3.05) is 20.6 Å². The number of hydrogen-bond acceptors (Lipinski definition) is 3. The molecule has 1 unspecified atom stereocenters. The van der Waals surface area contributed by atoms with E-state index in [1.165, 1.54) is 5.56 Å². The number of aromatic nitrogens is 1. The summed E-state index contributed by atoms with van der Waals surface area (Å²) in [5.41, 5.74) is 6.85. The molecule has 0 aromatic carbocycles. The van der Waals surface area contributed by atoms with Crippen LogP contribution >= 0.6 is 0 Å². The maximum absolute atomic E-state index is 5.56. The normalized spacial score (nSPS) is 13.2. The molecule has 72 valence electrons. The Morgan fingerprint density at radius 3 is 2.46 bits per heavy atom. The van der Waals surface area contributed by atoms with E-state index in [4.69, 9.17) is 5.73 Å². The van der Waals surface area contributed by atoms with E-state index >= 15 is 0 Å². The molecule has 3 heteroatoms. The Hall–Kier alpha value is -0.930. The van der Waals surface area contributed by atoms with E-state index in [2.05, 4.69) is 24.0 Å². The highest BCUT2D eigenvalue weighted by molar-refractivity contribution is 5.14. The number of rotatable bonds is 4. The van der Waals surface area contributed by atoms with E-state index in [0.717, 1.165) is 6.42 Å². The van der Waals surface area contributed by atoms with Gasteiger partial charge in [-0.25, -0.2) is 0 Å². The minimum atomic E-state index is 0.410. The molecule has 0 bridgehead atoms. The Morgan fingerprint density at radius 1 is 1.38 bits per heavy atom. The molecule has 0 radical (unpaired) electrons. The highest BCUT2D eigenvalue weighted by Gasteiger charge is 2.11. The van der Waals surface area contributed by atoms with Crippen molar-refractivity contribution in [3.8, 4) is 0 Å². The summed E-state index contributed by atoms with van der Waals surface area (Å²) in [6, 6.07) is 4.49. The molecule has 1 rings (SSSR count). The van der Waals surface area contributed by atoms with Gasteiger partial charge in [-0.2, -0.15) is 0 Å². The van der Waals surface area contributed by atoms with Crippen molar-refractivity contribution >= 4 is 0 Å². The Kier molecular flexibility index (Phi) is 3.86. The number of hydrogen-bond donors (Lipinski definition) is 1. The van der Waals surface area contributed by atoms with Gasteiger partial charge >= 0.3 is 0 Å². The fourth-order valence-corrected chi connectivity index (χ4v) is 1.47. The molecular weight excluding hydrogens is 162 g/mol. The summed E-state index contributed by atoms with van der Waals surface area (Å²) in [5, 5.41) is 0. The van der Waals surface area contributed by atoms with Gasteiger partial charge in [0, 0.05) is 18.4 Å². The van der Waals surface area contributed by atoms with Crippen LogP contribution in [0, 0.1) is 0 Å². The topological polar surface area (TPSA) is 42.1 Å². The zero-order valence-corrected chi connectivity index (χ0v) is 8.27. The van der Waals surface area contributed by atoms with Crippen molar-refractivity contribution in [2.45, 2.75) is 12.5 Å². The predicted octanol–water partition coefficient (Wildman–Crippen LogP) is 1.03.